The maximum absolute atomic E-state index is 5.61. The lowest BCUT2D eigenvalue weighted by atomic mass is 10.2. The molecule has 7 nitrogen and oxygen atoms in total. The van der Waals surface area contributed by atoms with Gasteiger partial charge in [0.2, 0.25) is 0 Å². The summed E-state index contributed by atoms with van der Waals surface area (Å²) in [6.07, 6.45) is 1.52. The molecule has 0 fully saturated rings. The van der Waals surface area contributed by atoms with Crippen molar-refractivity contribution < 1.29 is 14.2 Å². The van der Waals surface area contributed by atoms with Gasteiger partial charge in [-0.25, -0.2) is 9.97 Å². The number of methoxy groups -OCH3 is 1. The van der Waals surface area contributed by atoms with Gasteiger partial charge in [-0.1, -0.05) is 12.1 Å². The van der Waals surface area contributed by atoms with E-state index in [1.54, 1.807) is 7.11 Å². The van der Waals surface area contributed by atoms with Gasteiger partial charge in [0.25, 0.3) is 0 Å². The summed E-state index contributed by atoms with van der Waals surface area (Å²) in [6.45, 7) is 1.79. The molecule has 0 atom stereocenters. The average molecular weight is 364 g/mol. The van der Waals surface area contributed by atoms with Crippen LogP contribution >= 0.6 is 0 Å². The van der Waals surface area contributed by atoms with E-state index in [1.807, 2.05) is 48.5 Å². The topological polar surface area (TPSA) is 77.5 Å². The van der Waals surface area contributed by atoms with Crippen LogP contribution in [0.25, 0.3) is 0 Å². The van der Waals surface area contributed by atoms with Crippen LogP contribution < -0.4 is 24.8 Å². The molecule has 1 aliphatic rings. The van der Waals surface area contributed by atoms with E-state index in [2.05, 4.69) is 20.6 Å². The molecule has 0 amide bonds. The molecule has 7 heteroatoms. The fourth-order valence-corrected chi connectivity index (χ4v) is 2.73. The third kappa shape index (κ3) is 4.20. The van der Waals surface area contributed by atoms with E-state index in [4.69, 9.17) is 14.2 Å². The number of anilines is 3. The zero-order valence-electron chi connectivity index (χ0n) is 14.9. The molecule has 27 heavy (non-hydrogen) atoms. The number of ether oxygens (including phenoxy) is 3. The third-order valence-electron chi connectivity index (χ3n) is 4.11. The molecule has 0 spiro atoms. The number of hydrogen-bond donors (Lipinski definition) is 2. The number of fused-ring (bicyclic) bond motifs is 1. The maximum Gasteiger partial charge on any atom is 0.163 e. The molecule has 4 rings (SSSR count). The number of rotatable bonds is 6. The van der Waals surface area contributed by atoms with Crippen LogP contribution in [0.4, 0.5) is 17.3 Å². The second-order valence-corrected chi connectivity index (χ2v) is 5.97. The fourth-order valence-electron chi connectivity index (χ4n) is 2.73. The van der Waals surface area contributed by atoms with Gasteiger partial charge in [0.15, 0.2) is 11.5 Å². The van der Waals surface area contributed by atoms with E-state index in [9.17, 15) is 0 Å². The Bertz CT molecular complexity index is 915. The van der Waals surface area contributed by atoms with Crippen molar-refractivity contribution in [3.63, 3.8) is 0 Å². The highest BCUT2D eigenvalue weighted by Crippen LogP contribution is 2.33. The van der Waals surface area contributed by atoms with Crippen LogP contribution in [-0.2, 0) is 6.54 Å². The first-order chi connectivity index (χ1) is 13.3. The summed E-state index contributed by atoms with van der Waals surface area (Å²) in [6, 6.07) is 15.5. The van der Waals surface area contributed by atoms with Gasteiger partial charge < -0.3 is 24.8 Å². The van der Waals surface area contributed by atoms with Crippen LogP contribution in [0.2, 0.25) is 0 Å². The number of nitrogens with zero attached hydrogens (tertiary/aromatic N) is 2. The van der Waals surface area contributed by atoms with Gasteiger partial charge in [-0.15, -0.1) is 0 Å². The standard InChI is InChI=1S/C20H20N4O3/c1-25-16-5-2-14(3-6-16)12-21-19-11-20(23-13-22-19)24-15-4-7-17-18(10-15)27-9-8-26-17/h2-7,10-11,13H,8-9,12H2,1H3,(H2,21,22,23,24). The van der Waals surface area contributed by atoms with Crippen molar-refractivity contribution in [1.29, 1.82) is 0 Å². The smallest absolute Gasteiger partial charge is 0.163 e. The summed E-state index contributed by atoms with van der Waals surface area (Å²) in [7, 11) is 1.66. The number of aromatic nitrogens is 2. The Labute approximate surface area is 157 Å². The van der Waals surface area contributed by atoms with E-state index in [0.717, 1.165) is 34.3 Å². The molecule has 1 aliphatic heterocycles. The first-order valence-electron chi connectivity index (χ1n) is 8.66. The van der Waals surface area contributed by atoms with Crippen molar-refractivity contribution >= 4 is 17.3 Å². The highest BCUT2D eigenvalue weighted by Gasteiger charge is 2.12. The van der Waals surface area contributed by atoms with E-state index in [-0.39, 0.29) is 0 Å². The van der Waals surface area contributed by atoms with E-state index < -0.39 is 0 Å². The van der Waals surface area contributed by atoms with Crippen LogP contribution in [-0.4, -0.2) is 30.3 Å². The monoisotopic (exact) mass is 364 g/mol. The molecular formula is C20H20N4O3. The summed E-state index contributed by atoms with van der Waals surface area (Å²) in [5.74, 6) is 3.76. The van der Waals surface area contributed by atoms with Gasteiger partial charge in [0, 0.05) is 24.4 Å². The maximum atomic E-state index is 5.61. The quantitative estimate of drug-likeness (QED) is 0.692. The van der Waals surface area contributed by atoms with Crippen molar-refractivity contribution in [2.24, 2.45) is 0 Å². The zero-order valence-corrected chi connectivity index (χ0v) is 14.9. The Hall–Kier alpha value is -3.48. The van der Waals surface area contributed by atoms with Crippen molar-refractivity contribution in [3.8, 4) is 17.2 Å². The Morgan fingerprint density at radius 3 is 2.52 bits per heavy atom. The average Bonchev–Trinajstić information content (AvgIpc) is 2.73. The predicted octanol–water partition coefficient (Wildman–Crippen LogP) is 3.61. The number of nitrogens with one attached hydrogen (secondary N) is 2. The highest BCUT2D eigenvalue weighted by atomic mass is 16.6. The van der Waals surface area contributed by atoms with Gasteiger partial charge in [-0.2, -0.15) is 0 Å². The van der Waals surface area contributed by atoms with E-state index >= 15 is 0 Å². The lowest BCUT2D eigenvalue weighted by Crippen LogP contribution is -2.15. The Morgan fingerprint density at radius 2 is 1.70 bits per heavy atom. The van der Waals surface area contributed by atoms with E-state index in [0.29, 0.717) is 25.6 Å². The van der Waals surface area contributed by atoms with Crippen LogP contribution in [0.5, 0.6) is 17.2 Å². The highest BCUT2D eigenvalue weighted by molar-refractivity contribution is 5.63. The predicted molar refractivity (Wildman–Crippen MR) is 103 cm³/mol. The van der Waals surface area contributed by atoms with Crippen molar-refractivity contribution in [1.82, 2.24) is 9.97 Å². The molecule has 3 aromatic rings. The summed E-state index contributed by atoms with van der Waals surface area (Å²) in [5, 5.41) is 6.56. The third-order valence-corrected chi connectivity index (χ3v) is 4.11. The van der Waals surface area contributed by atoms with Crippen LogP contribution in [0.15, 0.2) is 54.9 Å². The fraction of sp³-hybridized carbons (Fsp3) is 0.200. The molecule has 2 N–H and O–H groups in total. The van der Waals surface area contributed by atoms with Crippen LogP contribution in [0.3, 0.4) is 0 Å². The Morgan fingerprint density at radius 1 is 0.926 bits per heavy atom. The van der Waals surface area contributed by atoms with Crippen molar-refractivity contribution in [2.75, 3.05) is 31.0 Å². The first kappa shape index (κ1) is 17.0. The summed E-state index contributed by atoms with van der Waals surface area (Å²) < 4.78 is 16.3. The van der Waals surface area contributed by atoms with Gasteiger partial charge in [0.1, 0.15) is 36.9 Å². The molecule has 0 saturated heterocycles. The molecule has 0 bridgehead atoms. The van der Waals surface area contributed by atoms with Gasteiger partial charge in [-0.05, 0) is 29.8 Å². The summed E-state index contributed by atoms with van der Waals surface area (Å²) in [5.41, 5.74) is 2.01. The lowest BCUT2D eigenvalue weighted by molar-refractivity contribution is 0.171. The van der Waals surface area contributed by atoms with Crippen LogP contribution in [0, 0.1) is 0 Å². The normalized spacial score (nSPS) is 12.3. The molecule has 0 aliphatic carbocycles. The zero-order chi connectivity index (χ0) is 18.5. The largest absolute Gasteiger partial charge is 0.497 e. The molecule has 2 aromatic carbocycles. The summed E-state index contributed by atoms with van der Waals surface area (Å²) in [4.78, 5) is 8.54. The Balaban J connectivity index is 1.41. The number of benzene rings is 2. The first-order valence-corrected chi connectivity index (χ1v) is 8.66. The second-order valence-electron chi connectivity index (χ2n) is 5.97. The molecule has 0 unspecified atom stereocenters. The van der Waals surface area contributed by atoms with Gasteiger partial charge in [0.05, 0.1) is 7.11 Å². The van der Waals surface area contributed by atoms with Gasteiger partial charge in [-0.3, -0.25) is 0 Å². The minimum atomic E-state index is 0.559. The molecule has 138 valence electrons. The molecule has 2 heterocycles. The van der Waals surface area contributed by atoms with Crippen molar-refractivity contribution in [2.45, 2.75) is 6.54 Å². The SMILES string of the molecule is COc1ccc(CNc2cc(Nc3ccc4c(c3)OCCO4)ncn2)cc1. The van der Waals surface area contributed by atoms with Crippen LogP contribution in [0.1, 0.15) is 5.56 Å². The van der Waals surface area contributed by atoms with Gasteiger partial charge >= 0.3 is 0 Å². The minimum Gasteiger partial charge on any atom is -0.497 e. The molecular weight excluding hydrogens is 344 g/mol. The lowest BCUT2D eigenvalue weighted by Gasteiger charge is -2.19. The van der Waals surface area contributed by atoms with Crippen molar-refractivity contribution in [3.05, 3.63) is 60.4 Å². The molecule has 0 saturated carbocycles. The molecule has 1 aromatic heterocycles. The number of hydrogen-bond acceptors (Lipinski definition) is 7. The second kappa shape index (κ2) is 7.82. The Kier molecular flexibility index (Phi) is 4.91. The summed E-state index contributed by atoms with van der Waals surface area (Å²) >= 11 is 0. The minimum absolute atomic E-state index is 0.559. The van der Waals surface area contributed by atoms with E-state index in [1.165, 1.54) is 6.33 Å². The molecule has 0 radical (unpaired) electrons.